The molecule has 2 rings (SSSR count). The van der Waals surface area contributed by atoms with E-state index in [0.717, 1.165) is 41.6 Å². The van der Waals surface area contributed by atoms with Gasteiger partial charge >= 0.3 is 0 Å². The molecule has 112 valence electrons. The van der Waals surface area contributed by atoms with Crippen molar-refractivity contribution in [3.63, 3.8) is 0 Å². The van der Waals surface area contributed by atoms with E-state index in [4.69, 9.17) is 0 Å². The maximum atomic E-state index is 12.1. The molecule has 0 radical (unpaired) electrons. The molecule has 1 aliphatic carbocycles. The highest BCUT2D eigenvalue weighted by atomic mass is 79.9. The highest BCUT2D eigenvalue weighted by molar-refractivity contribution is 9.10. The number of likely N-dealkylation sites (N-methyl/N-ethyl adjacent to an activating group) is 1. The zero-order chi connectivity index (χ0) is 15.3. The Morgan fingerprint density at radius 2 is 2.00 bits per heavy atom. The Bertz CT molecular complexity index is 529. The molecule has 2 N–H and O–H groups in total. The Kier molecular flexibility index (Phi) is 5.38. The Morgan fingerprint density at radius 1 is 1.38 bits per heavy atom. The molecule has 1 atom stereocenters. The quantitative estimate of drug-likeness (QED) is 0.843. The second-order valence-electron chi connectivity index (χ2n) is 5.89. The number of carbonyl (C=O) groups excluding carboxylic acids is 1. The minimum Gasteiger partial charge on any atom is -0.333 e. The van der Waals surface area contributed by atoms with Gasteiger partial charge in [0.2, 0.25) is 0 Å². The first-order valence-corrected chi connectivity index (χ1v) is 8.10. The summed E-state index contributed by atoms with van der Waals surface area (Å²) in [5, 5.41) is 12.2. The molecule has 0 aromatic heterocycles. The Labute approximate surface area is 134 Å². The van der Waals surface area contributed by atoms with E-state index in [1.807, 2.05) is 19.2 Å². The maximum absolute atomic E-state index is 12.1. The molecule has 1 saturated carbocycles. The van der Waals surface area contributed by atoms with Gasteiger partial charge in [0, 0.05) is 10.0 Å². The van der Waals surface area contributed by atoms with Gasteiger partial charge in [-0.25, -0.2) is 0 Å². The van der Waals surface area contributed by atoms with Crippen molar-refractivity contribution in [3.05, 3.63) is 34.3 Å². The third-order valence-electron chi connectivity index (χ3n) is 3.93. The van der Waals surface area contributed by atoms with Crippen molar-refractivity contribution in [1.82, 2.24) is 5.32 Å². The SMILES string of the molecule is C[NH+](CC(=O)NC1(C#N)CCCC1)Cc1ccc(Br)cc1. The van der Waals surface area contributed by atoms with E-state index in [2.05, 4.69) is 39.4 Å². The van der Waals surface area contributed by atoms with Crippen LogP contribution in [-0.4, -0.2) is 25.0 Å². The lowest BCUT2D eigenvalue weighted by Gasteiger charge is -2.23. The van der Waals surface area contributed by atoms with Crippen molar-refractivity contribution >= 4 is 21.8 Å². The molecule has 0 bridgehead atoms. The summed E-state index contributed by atoms with van der Waals surface area (Å²) in [5.41, 5.74) is 0.578. The first-order valence-electron chi connectivity index (χ1n) is 7.31. The smallest absolute Gasteiger partial charge is 0.276 e. The molecule has 1 fully saturated rings. The third kappa shape index (κ3) is 4.55. The fraction of sp³-hybridized carbons (Fsp3) is 0.500. The van der Waals surface area contributed by atoms with Crippen LogP contribution in [0.1, 0.15) is 31.2 Å². The normalized spacial score (nSPS) is 18.0. The summed E-state index contributed by atoms with van der Waals surface area (Å²) in [4.78, 5) is 13.2. The first-order chi connectivity index (χ1) is 10.0. The van der Waals surface area contributed by atoms with Gasteiger partial charge < -0.3 is 10.2 Å². The number of nitrogens with zero attached hydrogens (tertiary/aromatic N) is 1. The molecule has 0 heterocycles. The van der Waals surface area contributed by atoms with Gasteiger partial charge in [-0.05, 0) is 37.8 Å². The molecule has 1 unspecified atom stereocenters. The predicted octanol–water partition coefficient (Wildman–Crippen LogP) is 1.42. The topological polar surface area (TPSA) is 57.3 Å². The van der Waals surface area contributed by atoms with Crippen LogP contribution in [0.2, 0.25) is 0 Å². The summed E-state index contributed by atoms with van der Waals surface area (Å²) in [6, 6.07) is 10.4. The second kappa shape index (κ2) is 7.06. The van der Waals surface area contributed by atoms with Gasteiger partial charge in [0.05, 0.1) is 13.1 Å². The Hall–Kier alpha value is -1.38. The van der Waals surface area contributed by atoms with Gasteiger partial charge in [0.1, 0.15) is 12.1 Å². The third-order valence-corrected chi connectivity index (χ3v) is 4.46. The first kappa shape index (κ1) is 16.0. The molecule has 1 aromatic rings. The van der Waals surface area contributed by atoms with Crippen LogP contribution >= 0.6 is 15.9 Å². The van der Waals surface area contributed by atoms with Crippen molar-refractivity contribution in [2.75, 3.05) is 13.6 Å². The molecular weight excluding hydrogens is 330 g/mol. The summed E-state index contributed by atoms with van der Waals surface area (Å²) in [5.74, 6) is -0.0342. The van der Waals surface area contributed by atoms with Crippen molar-refractivity contribution in [2.24, 2.45) is 0 Å². The number of quaternary nitrogens is 1. The predicted molar refractivity (Wildman–Crippen MR) is 84.6 cm³/mol. The molecule has 1 aromatic carbocycles. The lowest BCUT2D eigenvalue weighted by Crippen LogP contribution is -3.09. The van der Waals surface area contributed by atoms with E-state index in [0.29, 0.717) is 6.54 Å². The van der Waals surface area contributed by atoms with Gasteiger partial charge in [-0.15, -0.1) is 0 Å². The lowest BCUT2D eigenvalue weighted by atomic mass is 10.00. The molecule has 4 nitrogen and oxygen atoms in total. The van der Waals surface area contributed by atoms with Gasteiger partial charge in [-0.1, -0.05) is 28.1 Å². The maximum Gasteiger partial charge on any atom is 0.276 e. The summed E-state index contributed by atoms with van der Waals surface area (Å²) < 4.78 is 1.05. The van der Waals surface area contributed by atoms with E-state index < -0.39 is 5.54 Å². The van der Waals surface area contributed by atoms with Gasteiger partial charge in [-0.3, -0.25) is 4.79 Å². The molecule has 1 amide bonds. The number of benzene rings is 1. The van der Waals surface area contributed by atoms with Crippen LogP contribution in [0.4, 0.5) is 0 Å². The minimum atomic E-state index is -0.616. The van der Waals surface area contributed by atoms with Crippen LogP contribution in [0, 0.1) is 11.3 Å². The standard InChI is InChI=1S/C16H20BrN3O/c1-20(10-13-4-6-14(17)7-5-13)11-15(21)19-16(12-18)8-2-3-9-16/h4-7H,2-3,8-11H2,1H3,(H,19,21)/p+1. The van der Waals surface area contributed by atoms with Gasteiger partial charge in [0.25, 0.3) is 5.91 Å². The lowest BCUT2D eigenvalue weighted by molar-refractivity contribution is -0.885. The number of hydrogen-bond acceptors (Lipinski definition) is 2. The molecule has 0 spiro atoms. The Balaban J connectivity index is 1.84. The highest BCUT2D eigenvalue weighted by Crippen LogP contribution is 2.28. The van der Waals surface area contributed by atoms with Gasteiger partial charge in [0.15, 0.2) is 6.54 Å². The van der Waals surface area contributed by atoms with Crippen LogP contribution in [0.25, 0.3) is 0 Å². The summed E-state index contributed by atoms with van der Waals surface area (Å²) in [7, 11) is 2.00. The number of amides is 1. The Morgan fingerprint density at radius 3 is 2.57 bits per heavy atom. The number of halogens is 1. The zero-order valence-corrected chi connectivity index (χ0v) is 13.9. The van der Waals surface area contributed by atoms with E-state index in [9.17, 15) is 10.1 Å². The molecule has 21 heavy (non-hydrogen) atoms. The van der Waals surface area contributed by atoms with Crippen LogP contribution in [0.3, 0.4) is 0 Å². The fourth-order valence-corrected chi connectivity index (χ4v) is 3.11. The average Bonchev–Trinajstić information content (AvgIpc) is 2.90. The van der Waals surface area contributed by atoms with Crippen LogP contribution in [0.15, 0.2) is 28.7 Å². The summed E-state index contributed by atoms with van der Waals surface area (Å²) in [6.45, 7) is 1.18. The highest BCUT2D eigenvalue weighted by Gasteiger charge is 2.35. The fourth-order valence-electron chi connectivity index (χ4n) is 2.84. The van der Waals surface area contributed by atoms with E-state index in [-0.39, 0.29) is 5.91 Å². The van der Waals surface area contributed by atoms with E-state index in [1.165, 1.54) is 5.56 Å². The monoisotopic (exact) mass is 350 g/mol. The zero-order valence-electron chi connectivity index (χ0n) is 12.3. The van der Waals surface area contributed by atoms with Crippen LogP contribution < -0.4 is 10.2 Å². The van der Waals surface area contributed by atoms with Gasteiger partial charge in [-0.2, -0.15) is 5.26 Å². The van der Waals surface area contributed by atoms with E-state index in [1.54, 1.807) is 0 Å². The van der Waals surface area contributed by atoms with Crippen LogP contribution in [0.5, 0.6) is 0 Å². The van der Waals surface area contributed by atoms with Crippen molar-refractivity contribution in [1.29, 1.82) is 5.26 Å². The summed E-state index contributed by atoms with van der Waals surface area (Å²) >= 11 is 3.41. The van der Waals surface area contributed by atoms with Crippen molar-refractivity contribution < 1.29 is 9.69 Å². The van der Waals surface area contributed by atoms with Crippen molar-refractivity contribution in [2.45, 2.75) is 37.8 Å². The molecule has 0 aliphatic heterocycles. The minimum absolute atomic E-state index is 0.0342. The number of hydrogen-bond donors (Lipinski definition) is 2. The number of carbonyl (C=O) groups is 1. The molecular formula is C16H21BrN3O+. The second-order valence-corrected chi connectivity index (χ2v) is 6.80. The average molecular weight is 351 g/mol. The van der Waals surface area contributed by atoms with Crippen LogP contribution in [-0.2, 0) is 11.3 Å². The molecule has 1 aliphatic rings. The number of nitrogens with one attached hydrogen (secondary N) is 2. The molecule has 5 heteroatoms. The largest absolute Gasteiger partial charge is 0.333 e. The number of rotatable bonds is 5. The molecule has 0 saturated heterocycles. The van der Waals surface area contributed by atoms with E-state index >= 15 is 0 Å². The number of nitriles is 1. The summed E-state index contributed by atoms with van der Waals surface area (Å²) in [6.07, 6.45) is 3.60. The van der Waals surface area contributed by atoms with Crippen molar-refractivity contribution in [3.8, 4) is 6.07 Å².